The molecule has 140 valence electrons. The highest BCUT2D eigenvalue weighted by Crippen LogP contribution is 2.24. The number of nitrogens with zero attached hydrogens (tertiary/aromatic N) is 7. The van der Waals surface area contributed by atoms with Crippen molar-refractivity contribution in [1.82, 2.24) is 24.4 Å². The Morgan fingerprint density at radius 3 is 2.46 bits per heavy atom. The second kappa shape index (κ2) is 7.61. The average Bonchev–Trinajstić information content (AvgIpc) is 3.07. The van der Waals surface area contributed by atoms with Crippen LogP contribution >= 0.6 is 0 Å². The van der Waals surface area contributed by atoms with Gasteiger partial charge in [-0.25, -0.2) is 15.0 Å². The van der Waals surface area contributed by atoms with E-state index in [1.54, 1.807) is 6.33 Å². The molecule has 0 saturated carbocycles. The van der Waals surface area contributed by atoms with Crippen LogP contribution in [0.3, 0.4) is 0 Å². The van der Waals surface area contributed by atoms with Crippen LogP contribution in [-0.4, -0.2) is 63.7 Å². The van der Waals surface area contributed by atoms with Gasteiger partial charge in [0, 0.05) is 64.8 Å². The van der Waals surface area contributed by atoms with E-state index in [2.05, 4.69) is 54.3 Å². The van der Waals surface area contributed by atoms with E-state index in [0.29, 0.717) is 0 Å². The maximum Gasteiger partial charge on any atom is 0.134 e. The summed E-state index contributed by atoms with van der Waals surface area (Å²) >= 11 is 0. The molecule has 0 spiro atoms. The SMILES string of the molecule is CC1CCCN(c2cc(N3CCN(Cc4nccn4C)CC3)ncn2)C1. The van der Waals surface area contributed by atoms with Crippen LogP contribution in [0.5, 0.6) is 0 Å². The molecule has 2 aliphatic rings. The molecule has 26 heavy (non-hydrogen) atoms. The fourth-order valence-electron chi connectivity index (χ4n) is 3.96. The normalized spacial score (nSPS) is 22.0. The third-order valence-electron chi connectivity index (χ3n) is 5.60. The number of aromatic nitrogens is 4. The third-order valence-corrected chi connectivity index (χ3v) is 5.60. The standard InChI is InChI=1S/C19H29N7/c1-16-4-3-6-26(13-16)18-12-17(21-15-22-18)25-10-8-24(9-11-25)14-19-20-5-7-23(19)2/h5,7,12,15-16H,3-4,6,8-11,13-14H2,1-2H3. The molecule has 2 aromatic heterocycles. The minimum atomic E-state index is 0.747. The number of hydrogen-bond donors (Lipinski definition) is 0. The summed E-state index contributed by atoms with van der Waals surface area (Å²) in [6, 6.07) is 2.17. The lowest BCUT2D eigenvalue weighted by molar-refractivity contribution is 0.241. The first-order valence-electron chi connectivity index (χ1n) is 9.69. The van der Waals surface area contributed by atoms with Crippen molar-refractivity contribution < 1.29 is 0 Å². The van der Waals surface area contributed by atoms with Crippen LogP contribution < -0.4 is 9.80 Å². The maximum absolute atomic E-state index is 4.54. The Balaban J connectivity index is 1.37. The Bertz CT molecular complexity index is 720. The van der Waals surface area contributed by atoms with Gasteiger partial charge in [0.1, 0.15) is 23.8 Å². The summed E-state index contributed by atoms with van der Waals surface area (Å²) in [5.74, 6) is 4.01. The van der Waals surface area contributed by atoms with Crippen molar-refractivity contribution in [2.75, 3.05) is 49.1 Å². The number of piperidine rings is 1. The number of aryl methyl sites for hydroxylation is 1. The molecule has 1 atom stereocenters. The van der Waals surface area contributed by atoms with Crippen LogP contribution in [0.25, 0.3) is 0 Å². The van der Waals surface area contributed by atoms with E-state index < -0.39 is 0 Å². The van der Waals surface area contributed by atoms with E-state index in [1.807, 2.05) is 12.4 Å². The predicted molar refractivity (Wildman–Crippen MR) is 103 cm³/mol. The molecule has 0 N–H and O–H groups in total. The number of piperazine rings is 1. The molecule has 7 nitrogen and oxygen atoms in total. The highest BCUT2D eigenvalue weighted by molar-refractivity contribution is 5.50. The van der Waals surface area contributed by atoms with Crippen LogP contribution in [0.1, 0.15) is 25.6 Å². The van der Waals surface area contributed by atoms with Gasteiger partial charge in [-0.1, -0.05) is 6.92 Å². The lowest BCUT2D eigenvalue weighted by Crippen LogP contribution is -2.46. The Labute approximate surface area is 155 Å². The van der Waals surface area contributed by atoms with Crippen LogP contribution in [0.4, 0.5) is 11.6 Å². The summed E-state index contributed by atoms with van der Waals surface area (Å²) in [5.41, 5.74) is 0. The monoisotopic (exact) mass is 355 g/mol. The van der Waals surface area contributed by atoms with Gasteiger partial charge >= 0.3 is 0 Å². The highest BCUT2D eigenvalue weighted by atomic mass is 15.3. The number of anilines is 2. The maximum atomic E-state index is 4.54. The molecule has 4 heterocycles. The second-order valence-electron chi connectivity index (χ2n) is 7.65. The second-order valence-corrected chi connectivity index (χ2v) is 7.65. The van der Waals surface area contributed by atoms with Gasteiger partial charge in [0.2, 0.25) is 0 Å². The van der Waals surface area contributed by atoms with Gasteiger partial charge in [0.25, 0.3) is 0 Å². The van der Waals surface area contributed by atoms with Crippen molar-refractivity contribution in [2.45, 2.75) is 26.3 Å². The lowest BCUT2D eigenvalue weighted by atomic mass is 10.0. The van der Waals surface area contributed by atoms with Crippen LogP contribution in [0, 0.1) is 5.92 Å². The smallest absolute Gasteiger partial charge is 0.134 e. The van der Waals surface area contributed by atoms with Crippen LogP contribution in [0.15, 0.2) is 24.8 Å². The topological polar surface area (TPSA) is 53.3 Å². The molecule has 0 bridgehead atoms. The Morgan fingerprint density at radius 2 is 1.77 bits per heavy atom. The molecular formula is C19H29N7. The molecule has 1 unspecified atom stereocenters. The fraction of sp³-hybridized carbons (Fsp3) is 0.632. The summed E-state index contributed by atoms with van der Waals surface area (Å²) in [7, 11) is 2.06. The molecule has 0 amide bonds. The highest BCUT2D eigenvalue weighted by Gasteiger charge is 2.22. The molecule has 2 aliphatic heterocycles. The molecule has 2 fully saturated rings. The van der Waals surface area contributed by atoms with Gasteiger partial charge in [0.05, 0.1) is 6.54 Å². The molecule has 7 heteroatoms. The van der Waals surface area contributed by atoms with E-state index >= 15 is 0 Å². The third kappa shape index (κ3) is 3.82. The van der Waals surface area contributed by atoms with E-state index in [9.17, 15) is 0 Å². The van der Waals surface area contributed by atoms with E-state index in [4.69, 9.17) is 0 Å². The lowest BCUT2D eigenvalue weighted by Gasteiger charge is -2.36. The fourth-order valence-corrected chi connectivity index (χ4v) is 3.96. The molecular weight excluding hydrogens is 326 g/mol. The molecule has 0 aliphatic carbocycles. The van der Waals surface area contributed by atoms with Crippen LogP contribution in [0.2, 0.25) is 0 Å². The zero-order valence-corrected chi connectivity index (χ0v) is 15.9. The summed E-state index contributed by atoms with van der Waals surface area (Å²) in [4.78, 5) is 20.8. The Morgan fingerprint density at radius 1 is 1.00 bits per heavy atom. The van der Waals surface area contributed by atoms with E-state index in [0.717, 1.165) is 69.2 Å². The first kappa shape index (κ1) is 17.3. The van der Waals surface area contributed by atoms with Gasteiger partial charge < -0.3 is 14.4 Å². The number of imidazole rings is 1. The summed E-state index contributed by atoms with van der Waals surface area (Å²) < 4.78 is 2.10. The largest absolute Gasteiger partial charge is 0.356 e. The number of hydrogen-bond acceptors (Lipinski definition) is 6. The van der Waals surface area contributed by atoms with Gasteiger partial charge in [0.15, 0.2) is 0 Å². The summed E-state index contributed by atoms with van der Waals surface area (Å²) in [6.45, 7) is 9.52. The molecule has 0 aromatic carbocycles. The summed E-state index contributed by atoms with van der Waals surface area (Å²) in [5, 5.41) is 0. The molecule has 0 radical (unpaired) electrons. The first-order valence-corrected chi connectivity index (χ1v) is 9.69. The minimum Gasteiger partial charge on any atom is -0.356 e. The predicted octanol–water partition coefficient (Wildman–Crippen LogP) is 1.77. The van der Waals surface area contributed by atoms with Gasteiger partial charge in [-0.3, -0.25) is 4.90 Å². The van der Waals surface area contributed by atoms with E-state index in [1.165, 1.54) is 12.8 Å². The average molecular weight is 355 g/mol. The van der Waals surface area contributed by atoms with Crippen molar-refractivity contribution in [3.05, 3.63) is 30.6 Å². The van der Waals surface area contributed by atoms with Gasteiger partial charge in [-0.15, -0.1) is 0 Å². The Hall–Kier alpha value is -2.15. The van der Waals surface area contributed by atoms with Crippen molar-refractivity contribution >= 4 is 11.6 Å². The van der Waals surface area contributed by atoms with Crippen molar-refractivity contribution in [2.24, 2.45) is 13.0 Å². The first-order chi connectivity index (χ1) is 12.7. The van der Waals surface area contributed by atoms with Gasteiger partial charge in [-0.05, 0) is 18.8 Å². The number of rotatable bonds is 4. The zero-order valence-electron chi connectivity index (χ0n) is 15.9. The molecule has 2 aromatic rings. The van der Waals surface area contributed by atoms with E-state index in [-0.39, 0.29) is 0 Å². The zero-order chi connectivity index (χ0) is 17.9. The van der Waals surface area contributed by atoms with Crippen molar-refractivity contribution in [3.8, 4) is 0 Å². The quantitative estimate of drug-likeness (QED) is 0.833. The van der Waals surface area contributed by atoms with Gasteiger partial charge in [-0.2, -0.15) is 0 Å². The molecule has 2 saturated heterocycles. The molecule has 4 rings (SSSR count). The summed E-state index contributed by atoms with van der Waals surface area (Å²) in [6.07, 6.45) is 8.19. The Kier molecular flexibility index (Phi) is 5.06. The van der Waals surface area contributed by atoms with Crippen molar-refractivity contribution in [3.63, 3.8) is 0 Å². The van der Waals surface area contributed by atoms with Crippen molar-refractivity contribution in [1.29, 1.82) is 0 Å². The minimum absolute atomic E-state index is 0.747. The van der Waals surface area contributed by atoms with Crippen LogP contribution in [-0.2, 0) is 13.6 Å².